The largest absolute Gasteiger partial charge is 0.481 e. The van der Waals surface area contributed by atoms with E-state index in [0.717, 1.165) is 12.2 Å². The number of carbonyl (C=O) groups is 2. The van der Waals surface area contributed by atoms with Gasteiger partial charge in [-0.25, -0.2) is 0 Å². The van der Waals surface area contributed by atoms with Crippen LogP contribution in [-0.4, -0.2) is 28.9 Å². The van der Waals surface area contributed by atoms with E-state index in [-0.39, 0.29) is 11.7 Å². The van der Waals surface area contributed by atoms with Crippen LogP contribution >= 0.6 is 0 Å². The number of carboxylic acids is 1. The molecule has 4 heteroatoms. The molecule has 1 aromatic rings. The maximum absolute atomic E-state index is 11.3. The molecule has 1 fully saturated rings. The Balaban J connectivity index is 2.28. The van der Waals surface area contributed by atoms with Crippen LogP contribution in [0.4, 0.5) is 5.69 Å². The summed E-state index contributed by atoms with van der Waals surface area (Å²) in [5.41, 5.74) is 1.23. The van der Waals surface area contributed by atoms with E-state index in [1.807, 2.05) is 26.0 Å². The van der Waals surface area contributed by atoms with Gasteiger partial charge in [-0.15, -0.1) is 0 Å². The summed E-state index contributed by atoms with van der Waals surface area (Å²) in [4.78, 5) is 24.6. The third-order valence-corrected chi connectivity index (χ3v) is 4.07. The van der Waals surface area contributed by atoms with E-state index < -0.39 is 11.5 Å². The molecule has 0 amide bonds. The van der Waals surface area contributed by atoms with Crippen molar-refractivity contribution in [2.75, 3.05) is 11.4 Å². The van der Waals surface area contributed by atoms with Gasteiger partial charge < -0.3 is 10.0 Å². The van der Waals surface area contributed by atoms with Crippen molar-refractivity contribution in [1.82, 2.24) is 0 Å². The Morgan fingerprint density at radius 1 is 1.26 bits per heavy atom. The zero-order valence-corrected chi connectivity index (χ0v) is 11.5. The fourth-order valence-corrected chi connectivity index (χ4v) is 2.85. The van der Waals surface area contributed by atoms with Crippen LogP contribution in [-0.2, 0) is 4.79 Å². The highest BCUT2D eigenvalue weighted by Gasteiger charge is 2.45. The van der Waals surface area contributed by atoms with Gasteiger partial charge in [-0.1, -0.05) is 0 Å². The van der Waals surface area contributed by atoms with Crippen molar-refractivity contribution in [1.29, 1.82) is 0 Å². The Morgan fingerprint density at radius 2 is 1.84 bits per heavy atom. The van der Waals surface area contributed by atoms with Gasteiger partial charge in [0.15, 0.2) is 5.78 Å². The Hall–Kier alpha value is -1.84. The molecule has 102 valence electrons. The minimum absolute atomic E-state index is 0.0376. The number of hydrogen-bond acceptors (Lipinski definition) is 3. The maximum Gasteiger partial charge on any atom is 0.308 e. The van der Waals surface area contributed by atoms with Gasteiger partial charge in [0.25, 0.3) is 0 Å². The number of carbonyl (C=O) groups excluding carboxylic acids is 1. The average molecular weight is 261 g/mol. The topological polar surface area (TPSA) is 57.6 Å². The normalized spacial score (nSPS) is 21.4. The quantitative estimate of drug-likeness (QED) is 0.850. The van der Waals surface area contributed by atoms with Gasteiger partial charge in [0.05, 0.1) is 5.92 Å². The molecule has 0 bridgehead atoms. The third kappa shape index (κ3) is 2.35. The average Bonchev–Trinajstić information content (AvgIpc) is 2.64. The molecule has 2 rings (SSSR count). The summed E-state index contributed by atoms with van der Waals surface area (Å²) in [6, 6.07) is 7.37. The SMILES string of the molecule is CC(=O)c1ccc(N2CCC(C(=O)O)C2(C)C)cc1. The zero-order valence-electron chi connectivity index (χ0n) is 11.5. The van der Waals surface area contributed by atoms with E-state index in [1.165, 1.54) is 6.92 Å². The summed E-state index contributed by atoms with van der Waals surface area (Å²) in [6.45, 7) is 6.17. The van der Waals surface area contributed by atoms with Gasteiger partial charge in [0.1, 0.15) is 0 Å². The van der Waals surface area contributed by atoms with E-state index in [0.29, 0.717) is 12.0 Å². The highest BCUT2D eigenvalue weighted by molar-refractivity contribution is 5.94. The molecule has 1 heterocycles. The Kier molecular flexibility index (Phi) is 3.35. The first kappa shape index (κ1) is 13.6. The highest BCUT2D eigenvalue weighted by atomic mass is 16.4. The fraction of sp³-hybridized carbons (Fsp3) is 0.467. The van der Waals surface area contributed by atoms with Crippen molar-refractivity contribution < 1.29 is 14.7 Å². The van der Waals surface area contributed by atoms with E-state index in [1.54, 1.807) is 12.1 Å². The summed E-state index contributed by atoms with van der Waals surface area (Å²) in [5, 5.41) is 9.26. The predicted octanol–water partition coefficient (Wildman–Crippen LogP) is 2.58. The number of Topliss-reactive ketones (excluding diaryl/α,β-unsaturated/α-hetero) is 1. The highest BCUT2D eigenvalue weighted by Crippen LogP contribution is 2.38. The van der Waals surface area contributed by atoms with E-state index in [4.69, 9.17) is 0 Å². The zero-order chi connectivity index (χ0) is 14.2. The second-order valence-corrected chi connectivity index (χ2v) is 5.59. The van der Waals surface area contributed by atoms with Gasteiger partial charge in [-0.3, -0.25) is 9.59 Å². The number of anilines is 1. The fourth-order valence-electron chi connectivity index (χ4n) is 2.85. The molecule has 1 aliphatic heterocycles. The molecule has 0 radical (unpaired) electrons. The molecule has 1 saturated heterocycles. The first-order chi connectivity index (χ1) is 8.84. The van der Waals surface area contributed by atoms with Crippen molar-refractivity contribution in [3.8, 4) is 0 Å². The Morgan fingerprint density at radius 3 is 2.26 bits per heavy atom. The maximum atomic E-state index is 11.3. The van der Waals surface area contributed by atoms with Crippen molar-refractivity contribution >= 4 is 17.4 Å². The van der Waals surface area contributed by atoms with Gasteiger partial charge >= 0.3 is 5.97 Å². The van der Waals surface area contributed by atoms with Crippen LogP contribution in [0, 0.1) is 5.92 Å². The standard InChI is InChI=1S/C15H19NO3/c1-10(17)11-4-6-12(7-5-11)16-9-8-13(14(18)19)15(16,2)3/h4-7,13H,8-9H2,1-3H3,(H,18,19). The first-order valence-corrected chi connectivity index (χ1v) is 6.45. The molecule has 0 aromatic heterocycles. The van der Waals surface area contributed by atoms with Crippen LogP contribution in [0.25, 0.3) is 0 Å². The molecule has 1 N–H and O–H groups in total. The summed E-state index contributed by atoms with van der Waals surface area (Å²) in [5.74, 6) is -1.07. The summed E-state index contributed by atoms with van der Waals surface area (Å²) >= 11 is 0. The number of nitrogens with zero attached hydrogens (tertiary/aromatic N) is 1. The first-order valence-electron chi connectivity index (χ1n) is 6.45. The third-order valence-electron chi connectivity index (χ3n) is 4.07. The van der Waals surface area contributed by atoms with E-state index in [2.05, 4.69) is 4.90 Å². The summed E-state index contributed by atoms with van der Waals surface area (Å²) < 4.78 is 0. The van der Waals surface area contributed by atoms with Gasteiger partial charge in [-0.2, -0.15) is 0 Å². The van der Waals surface area contributed by atoms with Crippen LogP contribution in [0.1, 0.15) is 37.6 Å². The second kappa shape index (κ2) is 4.68. The predicted molar refractivity (Wildman–Crippen MR) is 73.6 cm³/mol. The molecule has 1 aliphatic rings. The summed E-state index contributed by atoms with van der Waals surface area (Å²) in [7, 11) is 0. The lowest BCUT2D eigenvalue weighted by atomic mass is 9.88. The van der Waals surface area contributed by atoms with Gasteiger partial charge in [0.2, 0.25) is 0 Å². The van der Waals surface area contributed by atoms with Crippen molar-refractivity contribution in [2.24, 2.45) is 5.92 Å². The number of aliphatic carboxylic acids is 1. The minimum atomic E-state index is -0.743. The molecular formula is C15H19NO3. The van der Waals surface area contributed by atoms with Crippen molar-refractivity contribution in [3.63, 3.8) is 0 Å². The number of benzene rings is 1. The van der Waals surface area contributed by atoms with Crippen LogP contribution in [0.2, 0.25) is 0 Å². The van der Waals surface area contributed by atoms with E-state index in [9.17, 15) is 14.7 Å². The molecule has 0 saturated carbocycles. The van der Waals surface area contributed by atoms with Crippen LogP contribution in [0.3, 0.4) is 0 Å². The smallest absolute Gasteiger partial charge is 0.308 e. The molecular weight excluding hydrogens is 242 g/mol. The lowest BCUT2D eigenvalue weighted by Crippen LogP contribution is -2.45. The second-order valence-electron chi connectivity index (χ2n) is 5.59. The van der Waals surface area contributed by atoms with Crippen LogP contribution < -0.4 is 4.90 Å². The monoisotopic (exact) mass is 261 g/mol. The number of carboxylic acid groups (broad SMARTS) is 1. The van der Waals surface area contributed by atoms with Gasteiger partial charge in [0, 0.05) is 23.3 Å². The summed E-state index contributed by atoms with van der Waals surface area (Å²) in [6.07, 6.45) is 0.650. The lowest BCUT2D eigenvalue weighted by molar-refractivity contribution is -0.142. The van der Waals surface area contributed by atoms with Crippen LogP contribution in [0.15, 0.2) is 24.3 Å². The molecule has 19 heavy (non-hydrogen) atoms. The molecule has 0 aliphatic carbocycles. The minimum Gasteiger partial charge on any atom is -0.481 e. The molecule has 0 spiro atoms. The van der Waals surface area contributed by atoms with Crippen LogP contribution in [0.5, 0.6) is 0 Å². The van der Waals surface area contributed by atoms with E-state index >= 15 is 0 Å². The number of hydrogen-bond donors (Lipinski definition) is 1. The number of rotatable bonds is 3. The molecule has 1 atom stereocenters. The lowest BCUT2D eigenvalue weighted by Gasteiger charge is -2.36. The molecule has 4 nitrogen and oxygen atoms in total. The molecule has 1 unspecified atom stereocenters. The number of ketones is 1. The molecule has 1 aromatic carbocycles. The van der Waals surface area contributed by atoms with Crippen molar-refractivity contribution in [3.05, 3.63) is 29.8 Å². The van der Waals surface area contributed by atoms with Gasteiger partial charge in [-0.05, 0) is 51.5 Å². The van der Waals surface area contributed by atoms with Crippen molar-refractivity contribution in [2.45, 2.75) is 32.7 Å². The Labute approximate surface area is 113 Å². The Bertz CT molecular complexity index is 505.